The molecule has 1 aromatic carbocycles. The van der Waals surface area contributed by atoms with Gasteiger partial charge < -0.3 is 10.2 Å². The average Bonchev–Trinajstić information content (AvgIpc) is 2.49. The summed E-state index contributed by atoms with van der Waals surface area (Å²) in [5.74, 6) is 0.769. The minimum absolute atomic E-state index is 0.769. The van der Waals surface area contributed by atoms with Gasteiger partial charge in [-0.1, -0.05) is 11.6 Å². The van der Waals surface area contributed by atoms with Crippen molar-refractivity contribution in [1.82, 2.24) is 5.32 Å². The van der Waals surface area contributed by atoms with E-state index in [2.05, 4.69) is 22.3 Å². The van der Waals surface area contributed by atoms with Gasteiger partial charge in [0.05, 0.1) is 0 Å². The SMILES string of the molecule is Clc1ccc(N2CCCCC2)c(CC2CCCNC2)c1. The zero-order valence-corrected chi connectivity index (χ0v) is 13.0. The number of nitrogens with zero attached hydrogens (tertiary/aromatic N) is 1. The molecule has 20 heavy (non-hydrogen) atoms. The third-order valence-corrected chi connectivity index (χ3v) is 4.88. The van der Waals surface area contributed by atoms with Gasteiger partial charge in [0.15, 0.2) is 0 Å². The van der Waals surface area contributed by atoms with Gasteiger partial charge in [0.25, 0.3) is 0 Å². The molecule has 0 amide bonds. The summed E-state index contributed by atoms with van der Waals surface area (Å²) < 4.78 is 0. The maximum atomic E-state index is 6.24. The summed E-state index contributed by atoms with van der Waals surface area (Å²) >= 11 is 6.24. The molecule has 3 heteroatoms. The van der Waals surface area contributed by atoms with Crippen molar-refractivity contribution in [1.29, 1.82) is 0 Å². The lowest BCUT2D eigenvalue weighted by Crippen LogP contribution is -2.33. The Morgan fingerprint density at radius 2 is 2.00 bits per heavy atom. The predicted octanol–water partition coefficient (Wildman–Crippen LogP) is 3.87. The van der Waals surface area contributed by atoms with Crippen LogP contribution in [0.4, 0.5) is 5.69 Å². The highest BCUT2D eigenvalue weighted by Gasteiger charge is 2.19. The smallest absolute Gasteiger partial charge is 0.0410 e. The first-order valence-electron chi connectivity index (χ1n) is 8.07. The van der Waals surface area contributed by atoms with E-state index in [0.717, 1.165) is 17.5 Å². The molecule has 1 atom stereocenters. The molecule has 2 nitrogen and oxygen atoms in total. The molecule has 2 aliphatic heterocycles. The average molecular weight is 293 g/mol. The maximum absolute atomic E-state index is 6.24. The Hall–Kier alpha value is -0.730. The van der Waals surface area contributed by atoms with E-state index >= 15 is 0 Å². The van der Waals surface area contributed by atoms with E-state index < -0.39 is 0 Å². The molecule has 0 aliphatic carbocycles. The van der Waals surface area contributed by atoms with Crippen LogP contribution in [0.2, 0.25) is 5.02 Å². The van der Waals surface area contributed by atoms with Crippen LogP contribution in [0.15, 0.2) is 18.2 Å². The predicted molar refractivity (Wildman–Crippen MR) is 86.8 cm³/mol. The van der Waals surface area contributed by atoms with Crippen molar-refractivity contribution >= 4 is 17.3 Å². The van der Waals surface area contributed by atoms with Crippen LogP contribution in [0, 0.1) is 5.92 Å². The van der Waals surface area contributed by atoms with Crippen LogP contribution < -0.4 is 10.2 Å². The second-order valence-corrected chi connectivity index (χ2v) is 6.67. The Balaban J connectivity index is 1.77. The number of halogens is 1. The summed E-state index contributed by atoms with van der Waals surface area (Å²) in [6, 6.07) is 6.48. The molecule has 110 valence electrons. The lowest BCUT2D eigenvalue weighted by Gasteiger charge is -2.32. The largest absolute Gasteiger partial charge is 0.371 e. The minimum atomic E-state index is 0.769. The second kappa shape index (κ2) is 6.82. The lowest BCUT2D eigenvalue weighted by molar-refractivity contribution is 0.376. The number of nitrogens with one attached hydrogen (secondary N) is 1. The number of rotatable bonds is 3. The Morgan fingerprint density at radius 1 is 1.15 bits per heavy atom. The van der Waals surface area contributed by atoms with Gasteiger partial charge in [-0.15, -0.1) is 0 Å². The number of anilines is 1. The van der Waals surface area contributed by atoms with E-state index in [-0.39, 0.29) is 0 Å². The first kappa shape index (κ1) is 14.2. The van der Waals surface area contributed by atoms with Crippen LogP contribution in [-0.4, -0.2) is 26.2 Å². The number of hydrogen-bond donors (Lipinski definition) is 1. The van der Waals surface area contributed by atoms with Crippen molar-refractivity contribution in [2.45, 2.75) is 38.5 Å². The molecule has 0 spiro atoms. The second-order valence-electron chi connectivity index (χ2n) is 6.24. The quantitative estimate of drug-likeness (QED) is 0.910. The molecule has 1 N–H and O–H groups in total. The molecule has 3 rings (SSSR count). The fraction of sp³-hybridized carbons (Fsp3) is 0.647. The Bertz CT molecular complexity index is 435. The third kappa shape index (κ3) is 3.48. The van der Waals surface area contributed by atoms with Gasteiger partial charge in [-0.05, 0) is 81.3 Å². The highest BCUT2D eigenvalue weighted by Crippen LogP contribution is 2.30. The van der Waals surface area contributed by atoms with Crippen LogP contribution in [0.1, 0.15) is 37.7 Å². The van der Waals surface area contributed by atoms with E-state index in [1.165, 1.54) is 69.4 Å². The van der Waals surface area contributed by atoms with Gasteiger partial charge in [-0.25, -0.2) is 0 Å². The van der Waals surface area contributed by atoms with Crippen molar-refractivity contribution < 1.29 is 0 Å². The van der Waals surface area contributed by atoms with Gasteiger partial charge in [0.2, 0.25) is 0 Å². The summed E-state index contributed by atoms with van der Waals surface area (Å²) in [7, 11) is 0. The fourth-order valence-corrected chi connectivity index (χ4v) is 3.76. The fourth-order valence-electron chi connectivity index (χ4n) is 3.57. The molecule has 2 fully saturated rings. The van der Waals surface area contributed by atoms with Crippen molar-refractivity contribution in [2.24, 2.45) is 5.92 Å². The van der Waals surface area contributed by atoms with E-state index in [0.29, 0.717) is 0 Å². The highest BCUT2D eigenvalue weighted by atomic mass is 35.5. The van der Waals surface area contributed by atoms with Crippen LogP contribution in [0.25, 0.3) is 0 Å². The zero-order valence-electron chi connectivity index (χ0n) is 12.2. The van der Waals surface area contributed by atoms with Crippen LogP contribution in [0.3, 0.4) is 0 Å². The molecule has 1 unspecified atom stereocenters. The minimum Gasteiger partial charge on any atom is -0.371 e. The third-order valence-electron chi connectivity index (χ3n) is 4.65. The number of piperidine rings is 2. The molecule has 2 heterocycles. The molecular weight excluding hydrogens is 268 g/mol. The first-order chi connectivity index (χ1) is 9.83. The van der Waals surface area contributed by atoms with E-state index in [1.54, 1.807) is 0 Å². The van der Waals surface area contributed by atoms with Gasteiger partial charge in [0.1, 0.15) is 0 Å². The molecule has 1 aromatic rings. The normalized spacial score (nSPS) is 23.9. The first-order valence-corrected chi connectivity index (χ1v) is 8.45. The van der Waals surface area contributed by atoms with Gasteiger partial charge >= 0.3 is 0 Å². The molecule has 2 saturated heterocycles. The standard InChI is InChI=1S/C17H25ClN2/c18-16-6-7-17(20-9-2-1-3-10-20)15(12-16)11-14-5-4-8-19-13-14/h6-7,12,14,19H,1-5,8-11,13H2. The van der Waals surface area contributed by atoms with E-state index in [4.69, 9.17) is 11.6 Å². The number of hydrogen-bond acceptors (Lipinski definition) is 2. The van der Waals surface area contributed by atoms with Crippen molar-refractivity contribution in [3.63, 3.8) is 0 Å². The molecule has 2 aliphatic rings. The lowest BCUT2D eigenvalue weighted by atomic mass is 9.91. The van der Waals surface area contributed by atoms with Crippen molar-refractivity contribution in [3.05, 3.63) is 28.8 Å². The summed E-state index contributed by atoms with van der Waals surface area (Å²) in [5, 5.41) is 4.40. The Kier molecular flexibility index (Phi) is 4.85. The molecule has 0 aromatic heterocycles. The molecule has 0 radical (unpaired) electrons. The Morgan fingerprint density at radius 3 is 2.75 bits per heavy atom. The van der Waals surface area contributed by atoms with Crippen LogP contribution >= 0.6 is 11.6 Å². The van der Waals surface area contributed by atoms with Crippen molar-refractivity contribution in [2.75, 3.05) is 31.1 Å². The van der Waals surface area contributed by atoms with E-state index in [9.17, 15) is 0 Å². The topological polar surface area (TPSA) is 15.3 Å². The zero-order chi connectivity index (χ0) is 13.8. The van der Waals surface area contributed by atoms with Gasteiger partial charge in [-0.2, -0.15) is 0 Å². The van der Waals surface area contributed by atoms with E-state index in [1.807, 2.05) is 6.07 Å². The molecule has 0 bridgehead atoms. The van der Waals surface area contributed by atoms with Crippen LogP contribution in [0.5, 0.6) is 0 Å². The number of benzene rings is 1. The van der Waals surface area contributed by atoms with Gasteiger partial charge in [0, 0.05) is 23.8 Å². The molecule has 0 saturated carbocycles. The Labute approximate surface area is 127 Å². The highest BCUT2D eigenvalue weighted by molar-refractivity contribution is 6.30. The summed E-state index contributed by atoms with van der Waals surface area (Å²) in [5.41, 5.74) is 2.88. The van der Waals surface area contributed by atoms with Crippen molar-refractivity contribution in [3.8, 4) is 0 Å². The monoisotopic (exact) mass is 292 g/mol. The summed E-state index contributed by atoms with van der Waals surface area (Å²) in [4.78, 5) is 2.56. The maximum Gasteiger partial charge on any atom is 0.0410 e. The van der Waals surface area contributed by atoms with Crippen LogP contribution in [-0.2, 0) is 6.42 Å². The summed E-state index contributed by atoms with van der Waals surface area (Å²) in [6.07, 6.45) is 7.86. The molecular formula is C17H25ClN2. The van der Waals surface area contributed by atoms with Gasteiger partial charge in [-0.3, -0.25) is 0 Å². The summed E-state index contributed by atoms with van der Waals surface area (Å²) in [6.45, 7) is 4.76.